The van der Waals surface area contributed by atoms with Gasteiger partial charge in [0.15, 0.2) is 0 Å². The number of carboxylic acid groups (broad SMARTS) is 1. The van der Waals surface area contributed by atoms with Gasteiger partial charge in [-0.3, -0.25) is 4.79 Å². The minimum Gasteiger partial charge on any atom is -0.481 e. The molecular weight excluding hydrogens is 180 g/mol. The van der Waals surface area contributed by atoms with Crippen molar-refractivity contribution in [3.63, 3.8) is 0 Å². The van der Waals surface area contributed by atoms with Gasteiger partial charge in [-0.05, 0) is 45.4 Å². The van der Waals surface area contributed by atoms with Crippen LogP contribution >= 0.6 is 0 Å². The van der Waals surface area contributed by atoms with Gasteiger partial charge in [0, 0.05) is 7.11 Å². The van der Waals surface area contributed by atoms with E-state index in [0.717, 1.165) is 25.7 Å². The summed E-state index contributed by atoms with van der Waals surface area (Å²) in [5.74, 6) is -0.384. The summed E-state index contributed by atoms with van der Waals surface area (Å²) in [6.45, 7) is 3.65. The van der Waals surface area contributed by atoms with E-state index < -0.39 is 11.4 Å². The van der Waals surface area contributed by atoms with Crippen molar-refractivity contribution >= 4 is 5.97 Å². The molecule has 0 spiro atoms. The van der Waals surface area contributed by atoms with Crippen LogP contribution in [0.15, 0.2) is 0 Å². The van der Waals surface area contributed by atoms with Gasteiger partial charge in [-0.2, -0.15) is 0 Å². The van der Waals surface area contributed by atoms with Crippen LogP contribution in [0.5, 0.6) is 0 Å². The van der Waals surface area contributed by atoms with Gasteiger partial charge in [-0.1, -0.05) is 0 Å². The first-order chi connectivity index (χ1) is 6.48. The SMILES string of the molecule is COC1CCC(C(C)(C)C(=O)O)CC1. The van der Waals surface area contributed by atoms with Gasteiger partial charge >= 0.3 is 5.97 Å². The first kappa shape index (κ1) is 11.5. The number of rotatable bonds is 3. The third-order valence-corrected chi connectivity index (χ3v) is 3.58. The molecule has 82 valence electrons. The Hall–Kier alpha value is -0.570. The molecule has 1 fully saturated rings. The van der Waals surface area contributed by atoms with Crippen LogP contribution in [0.1, 0.15) is 39.5 Å². The molecule has 3 nitrogen and oxygen atoms in total. The van der Waals surface area contributed by atoms with E-state index in [4.69, 9.17) is 9.84 Å². The van der Waals surface area contributed by atoms with Gasteiger partial charge in [-0.15, -0.1) is 0 Å². The summed E-state index contributed by atoms with van der Waals surface area (Å²) in [7, 11) is 1.73. The Balaban J connectivity index is 2.53. The Morgan fingerprint density at radius 2 is 1.79 bits per heavy atom. The number of ether oxygens (including phenoxy) is 1. The number of aliphatic carboxylic acids is 1. The van der Waals surface area contributed by atoms with Gasteiger partial charge in [0.1, 0.15) is 0 Å². The lowest BCUT2D eigenvalue weighted by atomic mass is 9.70. The lowest BCUT2D eigenvalue weighted by Crippen LogP contribution is -2.36. The third kappa shape index (κ3) is 2.27. The molecule has 0 radical (unpaired) electrons. The normalized spacial score (nSPS) is 28.8. The fraction of sp³-hybridized carbons (Fsp3) is 0.909. The topological polar surface area (TPSA) is 46.5 Å². The minimum atomic E-state index is -0.682. The minimum absolute atomic E-state index is 0.298. The number of hydrogen-bond donors (Lipinski definition) is 1. The van der Waals surface area contributed by atoms with Gasteiger partial charge in [0.05, 0.1) is 11.5 Å². The first-order valence-electron chi connectivity index (χ1n) is 5.24. The molecular formula is C11H20O3. The zero-order valence-electron chi connectivity index (χ0n) is 9.25. The Labute approximate surface area is 85.5 Å². The van der Waals surface area contributed by atoms with E-state index in [2.05, 4.69) is 0 Å². The standard InChI is InChI=1S/C11H20O3/c1-11(2,10(12)13)8-4-6-9(14-3)7-5-8/h8-9H,4-7H2,1-3H3,(H,12,13). The van der Waals surface area contributed by atoms with Gasteiger partial charge in [0.25, 0.3) is 0 Å². The quantitative estimate of drug-likeness (QED) is 0.760. The predicted molar refractivity (Wildman–Crippen MR) is 54.2 cm³/mol. The third-order valence-electron chi connectivity index (χ3n) is 3.58. The Bertz CT molecular complexity index is 203. The van der Waals surface area contributed by atoms with Crippen molar-refractivity contribution in [3.8, 4) is 0 Å². The molecule has 0 amide bonds. The summed E-state index contributed by atoms with van der Waals surface area (Å²) in [6, 6.07) is 0. The van der Waals surface area contributed by atoms with Crippen LogP contribution in [-0.4, -0.2) is 24.3 Å². The molecule has 0 aromatic rings. The summed E-state index contributed by atoms with van der Waals surface area (Å²) in [4.78, 5) is 11.0. The van der Waals surface area contributed by atoms with Crippen molar-refractivity contribution in [1.29, 1.82) is 0 Å². The zero-order valence-corrected chi connectivity index (χ0v) is 9.25. The molecule has 0 aliphatic heterocycles. The lowest BCUT2D eigenvalue weighted by molar-refractivity contribution is -0.151. The highest BCUT2D eigenvalue weighted by Gasteiger charge is 2.38. The second-order valence-electron chi connectivity index (χ2n) is 4.74. The molecule has 1 rings (SSSR count). The zero-order chi connectivity index (χ0) is 10.8. The molecule has 1 aliphatic rings. The Morgan fingerprint density at radius 3 is 2.14 bits per heavy atom. The average Bonchev–Trinajstić information content (AvgIpc) is 2.17. The smallest absolute Gasteiger partial charge is 0.309 e. The summed E-state index contributed by atoms with van der Waals surface area (Å²) < 4.78 is 5.27. The van der Waals surface area contributed by atoms with E-state index in [1.54, 1.807) is 7.11 Å². The molecule has 1 N–H and O–H groups in total. The Kier molecular flexibility index (Phi) is 3.53. The van der Waals surface area contributed by atoms with Crippen molar-refractivity contribution in [2.45, 2.75) is 45.6 Å². The number of carbonyl (C=O) groups is 1. The monoisotopic (exact) mass is 200 g/mol. The highest BCUT2D eigenvalue weighted by molar-refractivity contribution is 5.74. The predicted octanol–water partition coefficient (Wildman–Crippen LogP) is 2.30. The largest absolute Gasteiger partial charge is 0.481 e. The van der Waals surface area contributed by atoms with Crippen LogP contribution in [0, 0.1) is 11.3 Å². The van der Waals surface area contributed by atoms with Crippen molar-refractivity contribution in [2.24, 2.45) is 11.3 Å². The molecule has 0 heterocycles. The molecule has 1 aliphatic carbocycles. The second-order valence-corrected chi connectivity index (χ2v) is 4.74. The van der Waals surface area contributed by atoms with Crippen molar-refractivity contribution in [2.75, 3.05) is 7.11 Å². The van der Waals surface area contributed by atoms with Crippen LogP contribution in [-0.2, 0) is 9.53 Å². The van der Waals surface area contributed by atoms with E-state index in [1.165, 1.54) is 0 Å². The molecule has 0 aromatic heterocycles. The van der Waals surface area contributed by atoms with Gasteiger partial charge in [0.2, 0.25) is 0 Å². The van der Waals surface area contributed by atoms with Crippen LogP contribution in [0.4, 0.5) is 0 Å². The molecule has 1 saturated carbocycles. The molecule has 0 saturated heterocycles. The maximum atomic E-state index is 11.0. The fourth-order valence-electron chi connectivity index (χ4n) is 2.19. The molecule has 0 aromatic carbocycles. The number of hydrogen-bond acceptors (Lipinski definition) is 2. The summed E-state index contributed by atoms with van der Waals surface area (Å²) >= 11 is 0. The molecule has 14 heavy (non-hydrogen) atoms. The average molecular weight is 200 g/mol. The summed E-state index contributed by atoms with van der Waals surface area (Å²) in [5.41, 5.74) is -0.585. The van der Waals surface area contributed by atoms with Crippen molar-refractivity contribution in [3.05, 3.63) is 0 Å². The first-order valence-corrected chi connectivity index (χ1v) is 5.24. The van der Waals surface area contributed by atoms with Crippen molar-refractivity contribution in [1.82, 2.24) is 0 Å². The van der Waals surface area contributed by atoms with E-state index in [9.17, 15) is 4.79 Å². The van der Waals surface area contributed by atoms with E-state index >= 15 is 0 Å². The molecule has 3 heteroatoms. The second kappa shape index (κ2) is 4.30. The van der Waals surface area contributed by atoms with Crippen LogP contribution in [0.25, 0.3) is 0 Å². The number of methoxy groups -OCH3 is 1. The van der Waals surface area contributed by atoms with Crippen molar-refractivity contribution < 1.29 is 14.6 Å². The van der Waals surface area contributed by atoms with Crippen LogP contribution in [0.2, 0.25) is 0 Å². The number of carboxylic acids is 1. The maximum absolute atomic E-state index is 11.0. The highest BCUT2D eigenvalue weighted by Crippen LogP contribution is 2.38. The maximum Gasteiger partial charge on any atom is 0.309 e. The van der Waals surface area contributed by atoms with E-state index in [-0.39, 0.29) is 0 Å². The summed E-state index contributed by atoms with van der Waals surface area (Å²) in [5, 5.41) is 9.09. The Morgan fingerprint density at radius 1 is 1.29 bits per heavy atom. The fourth-order valence-corrected chi connectivity index (χ4v) is 2.19. The van der Waals surface area contributed by atoms with Crippen LogP contribution < -0.4 is 0 Å². The molecule has 0 atom stereocenters. The van der Waals surface area contributed by atoms with E-state index in [0.29, 0.717) is 12.0 Å². The highest BCUT2D eigenvalue weighted by atomic mass is 16.5. The van der Waals surface area contributed by atoms with Crippen LogP contribution in [0.3, 0.4) is 0 Å². The lowest BCUT2D eigenvalue weighted by Gasteiger charge is -2.35. The van der Waals surface area contributed by atoms with Gasteiger partial charge < -0.3 is 9.84 Å². The molecule has 0 bridgehead atoms. The van der Waals surface area contributed by atoms with Gasteiger partial charge in [-0.25, -0.2) is 0 Å². The van der Waals surface area contributed by atoms with E-state index in [1.807, 2.05) is 13.8 Å². The summed E-state index contributed by atoms with van der Waals surface area (Å²) in [6.07, 6.45) is 4.28. The molecule has 0 unspecified atom stereocenters.